The molecule has 2 heterocycles. The minimum atomic E-state index is -0.515. The number of amides is 2. The number of fused-ring (bicyclic) bond motifs is 1. The first-order valence-corrected chi connectivity index (χ1v) is 9.05. The molecule has 1 aromatic rings. The van der Waals surface area contributed by atoms with E-state index >= 15 is 0 Å². The molecule has 9 heteroatoms. The summed E-state index contributed by atoms with van der Waals surface area (Å²) >= 11 is 2.17. The number of hydrogen-bond donors (Lipinski definition) is 1. The second kappa shape index (κ2) is 7.80. The van der Waals surface area contributed by atoms with Gasteiger partial charge in [0, 0.05) is 25.3 Å². The van der Waals surface area contributed by atoms with Crippen LogP contribution in [0, 0.1) is 0 Å². The van der Waals surface area contributed by atoms with Gasteiger partial charge in [0.25, 0.3) is 0 Å². The fourth-order valence-electron chi connectivity index (χ4n) is 2.41. The molecule has 130 valence electrons. The third-order valence-electron chi connectivity index (χ3n) is 3.55. The summed E-state index contributed by atoms with van der Waals surface area (Å²) in [6, 6.07) is 0. The number of ether oxygens (including phenoxy) is 1. The highest BCUT2D eigenvalue weighted by atomic mass is 32.2. The van der Waals surface area contributed by atoms with Crippen molar-refractivity contribution in [3.63, 3.8) is 0 Å². The van der Waals surface area contributed by atoms with Crippen molar-refractivity contribution in [2.45, 2.75) is 26.8 Å². The summed E-state index contributed by atoms with van der Waals surface area (Å²) in [4.78, 5) is 49.2. The van der Waals surface area contributed by atoms with Gasteiger partial charge in [-0.05, 0) is 12.0 Å². The highest BCUT2D eigenvalue weighted by Crippen LogP contribution is 2.37. The lowest BCUT2D eigenvalue weighted by molar-refractivity contribution is -0.129. The Hall–Kier alpha value is -1.87. The molecule has 0 bridgehead atoms. The van der Waals surface area contributed by atoms with Gasteiger partial charge in [-0.25, -0.2) is 4.79 Å². The van der Waals surface area contributed by atoms with Crippen LogP contribution in [-0.4, -0.2) is 47.2 Å². The van der Waals surface area contributed by atoms with E-state index in [1.807, 2.05) is 0 Å². The van der Waals surface area contributed by atoms with Crippen LogP contribution in [-0.2, 0) is 32.1 Å². The van der Waals surface area contributed by atoms with Crippen LogP contribution < -0.4 is 5.32 Å². The monoisotopic (exact) mass is 370 g/mol. The number of nitrogens with one attached hydrogen (secondary N) is 1. The Bertz CT molecular complexity index is 698. The Morgan fingerprint density at radius 2 is 2.00 bits per heavy atom. The van der Waals surface area contributed by atoms with Gasteiger partial charge < -0.3 is 15.0 Å². The van der Waals surface area contributed by atoms with E-state index in [1.54, 1.807) is 4.90 Å². The summed E-state index contributed by atoms with van der Waals surface area (Å²) < 4.78 is 4.83. The van der Waals surface area contributed by atoms with Crippen molar-refractivity contribution in [2.24, 2.45) is 0 Å². The van der Waals surface area contributed by atoms with Gasteiger partial charge >= 0.3 is 5.97 Å². The van der Waals surface area contributed by atoms with Crippen molar-refractivity contribution < 1.29 is 23.9 Å². The molecule has 0 spiro atoms. The van der Waals surface area contributed by atoms with Gasteiger partial charge in [-0.15, -0.1) is 11.3 Å². The standard InChI is InChI=1S/C15H18N2O5S2/c1-8(18)17-5-4-10-11(6-17)24-14(13(10)15(21)22-3)16-12(20)7-23-9(2)19/h4-7H2,1-3H3,(H,16,20). The van der Waals surface area contributed by atoms with Crippen molar-refractivity contribution in [1.82, 2.24) is 4.90 Å². The van der Waals surface area contributed by atoms with Crippen LogP contribution in [0.5, 0.6) is 0 Å². The Balaban J connectivity index is 2.27. The van der Waals surface area contributed by atoms with Gasteiger partial charge in [-0.1, -0.05) is 11.8 Å². The van der Waals surface area contributed by atoms with Crippen molar-refractivity contribution >= 4 is 51.0 Å². The van der Waals surface area contributed by atoms with Crippen molar-refractivity contribution in [1.29, 1.82) is 0 Å². The van der Waals surface area contributed by atoms with Gasteiger partial charge in [0.05, 0.1) is 25.0 Å². The predicted molar refractivity (Wildman–Crippen MR) is 92.2 cm³/mol. The van der Waals surface area contributed by atoms with Crippen molar-refractivity contribution in [2.75, 3.05) is 24.7 Å². The molecule has 1 aromatic heterocycles. The minimum absolute atomic E-state index is 0.0158. The lowest BCUT2D eigenvalue weighted by atomic mass is 10.0. The number of hydrogen-bond acceptors (Lipinski definition) is 7. The number of thioether (sulfide) groups is 1. The summed E-state index contributed by atoms with van der Waals surface area (Å²) in [5.74, 6) is -0.921. The molecule has 0 unspecified atom stereocenters. The summed E-state index contributed by atoms with van der Waals surface area (Å²) in [5.41, 5.74) is 1.17. The smallest absolute Gasteiger partial charge is 0.341 e. The quantitative estimate of drug-likeness (QED) is 0.810. The van der Waals surface area contributed by atoms with Gasteiger partial charge in [-0.2, -0.15) is 0 Å². The molecule has 0 saturated heterocycles. The molecular weight excluding hydrogens is 352 g/mol. The van der Waals surface area contributed by atoms with Crippen LogP contribution in [0.1, 0.15) is 34.6 Å². The fraction of sp³-hybridized carbons (Fsp3) is 0.467. The van der Waals surface area contributed by atoms with Crippen LogP contribution >= 0.6 is 23.1 Å². The summed E-state index contributed by atoms with van der Waals surface area (Å²) in [6.07, 6.45) is 0.536. The van der Waals surface area contributed by atoms with Gasteiger partial charge in [0.2, 0.25) is 11.8 Å². The molecule has 0 radical (unpaired) electrons. The summed E-state index contributed by atoms with van der Waals surface area (Å²) in [7, 11) is 1.29. The normalized spacial score (nSPS) is 13.2. The first-order valence-electron chi connectivity index (χ1n) is 7.25. The van der Waals surface area contributed by atoms with Crippen molar-refractivity contribution in [3.8, 4) is 0 Å². The SMILES string of the molecule is COC(=O)c1c(NC(=O)CSC(C)=O)sc2c1CCN(C(C)=O)C2. The molecule has 7 nitrogen and oxygen atoms in total. The fourth-order valence-corrected chi connectivity index (χ4v) is 4.08. The number of rotatable bonds is 4. The summed E-state index contributed by atoms with van der Waals surface area (Å²) in [5, 5.41) is 2.94. The molecule has 0 aromatic carbocycles. The third kappa shape index (κ3) is 4.15. The molecule has 1 aliphatic heterocycles. The minimum Gasteiger partial charge on any atom is -0.465 e. The molecule has 0 aliphatic carbocycles. The Morgan fingerprint density at radius 1 is 1.29 bits per heavy atom. The number of anilines is 1. The van der Waals surface area contributed by atoms with Crippen LogP contribution in [0.15, 0.2) is 0 Å². The zero-order valence-electron chi connectivity index (χ0n) is 13.6. The van der Waals surface area contributed by atoms with E-state index in [4.69, 9.17) is 4.74 Å². The average Bonchev–Trinajstić information content (AvgIpc) is 2.88. The van der Waals surface area contributed by atoms with E-state index in [0.29, 0.717) is 30.1 Å². The number of carbonyl (C=O) groups excluding carboxylic acids is 4. The van der Waals surface area contributed by atoms with Crippen molar-refractivity contribution in [3.05, 3.63) is 16.0 Å². The lowest BCUT2D eigenvalue weighted by Gasteiger charge is -2.25. The van der Waals surface area contributed by atoms with Crippen LogP contribution in [0.3, 0.4) is 0 Å². The van der Waals surface area contributed by atoms with Crippen LogP contribution in [0.4, 0.5) is 5.00 Å². The maximum atomic E-state index is 12.1. The molecule has 0 saturated carbocycles. The van der Waals surface area contributed by atoms with E-state index in [9.17, 15) is 19.2 Å². The number of esters is 1. The summed E-state index contributed by atoms with van der Waals surface area (Å²) in [6.45, 7) is 3.83. The molecule has 0 fully saturated rings. The van der Waals surface area contributed by atoms with Gasteiger partial charge in [-0.3, -0.25) is 14.4 Å². The first kappa shape index (κ1) is 18.5. The molecular formula is C15H18N2O5S2. The Morgan fingerprint density at radius 3 is 2.58 bits per heavy atom. The van der Waals surface area contributed by atoms with Gasteiger partial charge in [0.15, 0.2) is 5.12 Å². The zero-order valence-corrected chi connectivity index (χ0v) is 15.3. The third-order valence-corrected chi connectivity index (χ3v) is 5.50. The highest BCUT2D eigenvalue weighted by Gasteiger charge is 2.29. The number of nitrogens with zero attached hydrogens (tertiary/aromatic N) is 1. The maximum absolute atomic E-state index is 12.1. The van der Waals surface area contributed by atoms with E-state index < -0.39 is 5.97 Å². The van der Waals surface area contributed by atoms with Crippen LogP contribution in [0.2, 0.25) is 0 Å². The maximum Gasteiger partial charge on any atom is 0.341 e. The topological polar surface area (TPSA) is 92.8 Å². The lowest BCUT2D eigenvalue weighted by Crippen LogP contribution is -2.33. The number of methoxy groups -OCH3 is 1. The van der Waals surface area contributed by atoms with E-state index in [2.05, 4.69) is 5.32 Å². The number of carbonyl (C=O) groups is 4. The largest absolute Gasteiger partial charge is 0.465 e. The number of thiophene rings is 1. The average molecular weight is 370 g/mol. The van der Waals surface area contributed by atoms with E-state index in [1.165, 1.54) is 32.3 Å². The molecule has 1 N–H and O–H groups in total. The Labute approximate surface area is 147 Å². The predicted octanol–water partition coefficient (Wildman–Crippen LogP) is 1.66. The molecule has 2 amide bonds. The van der Waals surface area contributed by atoms with Gasteiger partial charge in [0.1, 0.15) is 5.00 Å². The van der Waals surface area contributed by atoms with Crippen LogP contribution in [0.25, 0.3) is 0 Å². The highest BCUT2D eigenvalue weighted by molar-refractivity contribution is 8.14. The molecule has 2 rings (SSSR count). The molecule has 1 aliphatic rings. The second-order valence-corrected chi connectivity index (χ2v) is 7.48. The first-order chi connectivity index (χ1) is 11.3. The molecule has 0 atom stereocenters. The zero-order chi connectivity index (χ0) is 17.9. The second-order valence-electron chi connectivity index (χ2n) is 5.22. The molecule has 24 heavy (non-hydrogen) atoms. The van der Waals surface area contributed by atoms with E-state index in [-0.39, 0.29) is 22.7 Å². The Kier molecular flexibility index (Phi) is 6.00. The van der Waals surface area contributed by atoms with E-state index in [0.717, 1.165) is 22.2 Å².